The Morgan fingerprint density at radius 3 is 2.12 bits per heavy atom. The van der Waals surface area contributed by atoms with E-state index in [0.717, 1.165) is 11.1 Å². The number of rotatable bonds is 8. The van der Waals surface area contributed by atoms with Gasteiger partial charge < -0.3 is 4.74 Å². The minimum Gasteiger partial charge on any atom is -0.372 e. The van der Waals surface area contributed by atoms with Crippen LogP contribution in [0.1, 0.15) is 46.8 Å². The molecular weight excluding hydrogens is 505 g/mol. The van der Waals surface area contributed by atoms with Crippen molar-refractivity contribution in [2.45, 2.75) is 37.9 Å². The van der Waals surface area contributed by atoms with Gasteiger partial charge in [0.05, 0.1) is 28.8 Å². The average Bonchev–Trinajstić information content (AvgIpc) is 2.73. The van der Waals surface area contributed by atoms with Crippen LogP contribution >= 0.6 is 34.8 Å². The number of sulfonamides is 1. The lowest BCUT2D eigenvalue weighted by Gasteiger charge is -2.11. The summed E-state index contributed by atoms with van der Waals surface area (Å²) in [7, 11) is -4.21. The molecule has 0 atom stereocenters. The molecule has 9 heteroatoms. The normalized spacial score (nSPS) is 11.6. The minimum atomic E-state index is -4.21. The van der Waals surface area contributed by atoms with Gasteiger partial charge in [0.25, 0.3) is 15.9 Å². The fourth-order valence-corrected chi connectivity index (χ4v) is 5.07. The molecule has 0 saturated carbocycles. The summed E-state index contributed by atoms with van der Waals surface area (Å²) in [4.78, 5) is 12.3. The highest BCUT2D eigenvalue weighted by atomic mass is 35.5. The summed E-state index contributed by atoms with van der Waals surface area (Å²) in [5, 5.41) is 0.284. The molecule has 3 aromatic carbocycles. The highest BCUT2D eigenvalue weighted by molar-refractivity contribution is 7.90. The number of halogens is 3. The Morgan fingerprint density at radius 1 is 0.879 bits per heavy atom. The molecule has 33 heavy (non-hydrogen) atoms. The number of hydrogen-bond donors (Lipinski definition) is 1. The van der Waals surface area contributed by atoms with Crippen molar-refractivity contribution in [3.8, 4) is 0 Å². The van der Waals surface area contributed by atoms with Gasteiger partial charge in [-0.1, -0.05) is 79.0 Å². The molecule has 0 bridgehead atoms. The lowest BCUT2D eigenvalue weighted by Crippen LogP contribution is -2.31. The van der Waals surface area contributed by atoms with Crippen LogP contribution in [0.25, 0.3) is 0 Å². The van der Waals surface area contributed by atoms with Gasteiger partial charge >= 0.3 is 0 Å². The lowest BCUT2D eigenvalue weighted by molar-refractivity contribution is 0.0980. The minimum absolute atomic E-state index is 0.0124. The van der Waals surface area contributed by atoms with Gasteiger partial charge in [0.15, 0.2) is 0 Å². The van der Waals surface area contributed by atoms with E-state index in [1.165, 1.54) is 29.8 Å². The molecular formula is C24H22Cl3NO4S. The van der Waals surface area contributed by atoms with E-state index >= 15 is 0 Å². The second kappa shape index (κ2) is 10.9. The van der Waals surface area contributed by atoms with E-state index in [-0.39, 0.29) is 32.1 Å². The molecule has 5 nitrogen and oxygen atoms in total. The smallest absolute Gasteiger partial charge is 0.266 e. The van der Waals surface area contributed by atoms with Crippen LogP contribution in [0.3, 0.4) is 0 Å². The second-order valence-corrected chi connectivity index (χ2v) is 10.6. The zero-order valence-electron chi connectivity index (χ0n) is 17.9. The fraction of sp³-hybridized carbons (Fsp3) is 0.208. The summed E-state index contributed by atoms with van der Waals surface area (Å²) in [6.45, 7) is 4.99. The highest BCUT2D eigenvalue weighted by Crippen LogP contribution is 2.26. The van der Waals surface area contributed by atoms with Crippen LogP contribution in [-0.4, -0.2) is 14.3 Å². The summed E-state index contributed by atoms with van der Waals surface area (Å²) in [5.41, 5.74) is 3.07. The SMILES string of the molecule is CC(C)c1ccc(COCc2ccc(C(=O)NS(=O)(=O)c3ccc(Cl)cc3Cl)c(Cl)c2)cc1. The predicted molar refractivity (Wildman–Crippen MR) is 132 cm³/mol. The van der Waals surface area contributed by atoms with Crippen molar-refractivity contribution >= 4 is 50.7 Å². The molecule has 3 aromatic rings. The van der Waals surface area contributed by atoms with Crippen molar-refractivity contribution in [2.24, 2.45) is 0 Å². The molecule has 0 radical (unpaired) electrons. The Bertz CT molecular complexity index is 1260. The van der Waals surface area contributed by atoms with Gasteiger partial charge in [-0.2, -0.15) is 0 Å². The molecule has 0 saturated heterocycles. The summed E-state index contributed by atoms with van der Waals surface area (Å²) in [6.07, 6.45) is 0. The second-order valence-electron chi connectivity index (χ2n) is 7.71. The summed E-state index contributed by atoms with van der Waals surface area (Å²) >= 11 is 18.0. The third-order valence-corrected chi connectivity index (χ3v) is 7.23. The van der Waals surface area contributed by atoms with Crippen molar-refractivity contribution in [1.82, 2.24) is 4.72 Å². The van der Waals surface area contributed by atoms with E-state index in [1.807, 2.05) is 16.9 Å². The van der Waals surface area contributed by atoms with Crippen LogP contribution in [0.2, 0.25) is 15.1 Å². The molecule has 0 fully saturated rings. The van der Waals surface area contributed by atoms with Crippen molar-refractivity contribution in [1.29, 1.82) is 0 Å². The van der Waals surface area contributed by atoms with E-state index in [9.17, 15) is 13.2 Å². The zero-order chi connectivity index (χ0) is 24.2. The maximum atomic E-state index is 12.5. The number of carbonyl (C=O) groups is 1. The van der Waals surface area contributed by atoms with Crippen LogP contribution in [0.4, 0.5) is 0 Å². The topological polar surface area (TPSA) is 72.5 Å². The van der Waals surface area contributed by atoms with Crippen LogP contribution in [0.15, 0.2) is 65.6 Å². The van der Waals surface area contributed by atoms with Gasteiger partial charge in [-0.3, -0.25) is 4.79 Å². The summed E-state index contributed by atoms with van der Waals surface area (Å²) in [5.74, 6) is -0.403. The quantitative estimate of drug-likeness (QED) is 0.359. The largest absolute Gasteiger partial charge is 0.372 e. The van der Waals surface area contributed by atoms with Gasteiger partial charge in [0.1, 0.15) is 4.90 Å². The Morgan fingerprint density at radius 2 is 1.52 bits per heavy atom. The third kappa shape index (κ3) is 6.71. The first kappa shape index (κ1) is 25.5. The van der Waals surface area contributed by atoms with Gasteiger partial charge in [-0.25, -0.2) is 13.1 Å². The van der Waals surface area contributed by atoms with Crippen molar-refractivity contribution in [3.63, 3.8) is 0 Å². The molecule has 1 N–H and O–H groups in total. The molecule has 0 aliphatic carbocycles. The van der Waals surface area contributed by atoms with Crippen LogP contribution in [0.5, 0.6) is 0 Å². The number of amides is 1. The lowest BCUT2D eigenvalue weighted by atomic mass is 10.0. The van der Waals surface area contributed by atoms with Gasteiger partial charge in [0, 0.05) is 5.02 Å². The van der Waals surface area contributed by atoms with E-state index in [4.69, 9.17) is 39.5 Å². The maximum Gasteiger partial charge on any atom is 0.266 e. The Balaban J connectivity index is 1.63. The molecule has 174 valence electrons. The van der Waals surface area contributed by atoms with E-state index in [0.29, 0.717) is 12.5 Å². The standard InChI is InChI=1S/C24H22Cl3NO4S/c1-15(2)18-6-3-16(4-7-18)13-32-14-17-5-9-20(21(26)11-17)24(29)28-33(30,31)23-10-8-19(25)12-22(23)27/h3-12,15H,13-14H2,1-2H3,(H,28,29). The highest BCUT2D eigenvalue weighted by Gasteiger charge is 2.23. The zero-order valence-corrected chi connectivity index (χ0v) is 21.0. The van der Waals surface area contributed by atoms with Gasteiger partial charge in [-0.15, -0.1) is 0 Å². The Hall–Kier alpha value is -2.09. The first-order valence-corrected chi connectivity index (χ1v) is 12.7. The van der Waals surface area contributed by atoms with Crippen LogP contribution < -0.4 is 4.72 Å². The van der Waals surface area contributed by atoms with Crippen molar-refractivity contribution in [2.75, 3.05) is 0 Å². The van der Waals surface area contributed by atoms with E-state index in [2.05, 4.69) is 26.0 Å². The summed E-state index contributed by atoms with van der Waals surface area (Å²) in [6, 6.07) is 16.8. The monoisotopic (exact) mass is 525 g/mol. The molecule has 0 heterocycles. The average molecular weight is 527 g/mol. The van der Waals surface area contributed by atoms with Crippen molar-refractivity contribution < 1.29 is 17.9 Å². The van der Waals surface area contributed by atoms with Gasteiger partial charge in [-0.05, 0) is 52.9 Å². The molecule has 3 rings (SSSR count). The van der Waals surface area contributed by atoms with Crippen molar-refractivity contribution in [3.05, 3.63) is 98.0 Å². The predicted octanol–water partition coefficient (Wildman–Crippen LogP) is 6.61. The maximum absolute atomic E-state index is 12.5. The molecule has 0 aromatic heterocycles. The number of ether oxygens (including phenoxy) is 1. The number of nitrogens with one attached hydrogen (secondary N) is 1. The molecule has 0 unspecified atom stereocenters. The number of hydrogen-bond acceptors (Lipinski definition) is 4. The van der Waals surface area contributed by atoms with Crippen LogP contribution in [-0.2, 0) is 28.0 Å². The van der Waals surface area contributed by atoms with Crippen LogP contribution in [0, 0.1) is 0 Å². The Labute approximate surface area is 208 Å². The first-order valence-electron chi connectivity index (χ1n) is 10.0. The number of carbonyl (C=O) groups excluding carboxylic acids is 1. The Kier molecular flexibility index (Phi) is 8.43. The van der Waals surface area contributed by atoms with Gasteiger partial charge in [0.2, 0.25) is 0 Å². The first-order chi connectivity index (χ1) is 15.6. The molecule has 0 aliphatic rings. The van der Waals surface area contributed by atoms with E-state index in [1.54, 1.807) is 12.1 Å². The summed E-state index contributed by atoms with van der Waals surface area (Å²) < 4.78 is 32.8. The molecule has 0 aliphatic heterocycles. The number of benzene rings is 3. The third-order valence-electron chi connectivity index (χ3n) is 4.87. The fourth-order valence-electron chi connectivity index (χ4n) is 3.04. The molecule has 0 spiro atoms. The van der Waals surface area contributed by atoms with E-state index < -0.39 is 15.9 Å². The molecule has 1 amide bonds.